The lowest BCUT2D eigenvalue weighted by atomic mass is 9.94. The molecule has 0 saturated heterocycles. The van der Waals surface area contributed by atoms with E-state index in [4.69, 9.17) is 16.6 Å². The minimum absolute atomic E-state index is 0.00468. The van der Waals surface area contributed by atoms with Crippen LogP contribution < -0.4 is 38.1 Å². The number of aliphatic carboxylic acids is 3. The van der Waals surface area contributed by atoms with Crippen LogP contribution in [0.1, 0.15) is 72.6 Å². The molecule has 0 radical (unpaired) electrons. The minimum Gasteiger partial charge on any atom is -0.481 e. The molecule has 0 rings (SSSR count). The number of carboxylic acids is 3. The highest BCUT2D eigenvalue weighted by Gasteiger charge is 2.36. The Balaban J connectivity index is 6.32. The molecule has 0 saturated carbocycles. The Morgan fingerprint density at radius 3 is 1.33 bits per heavy atom. The van der Waals surface area contributed by atoms with Gasteiger partial charge in [0.2, 0.25) is 35.4 Å². The van der Waals surface area contributed by atoms with Crippen LogP contribution in [0.5, 0.6) is 0 Å². The molecule has 0 aromatic rings. The summed E-state index contributed by atoms with van der Waals surface area (Å²) in [4.78, 5) is 111. The van der Waals surface area contributed by atoms with Crippen LogP contribution in [0.3, 0.4) is 0 Å². The molecule has 0 aromatic carbocycles. The zero-order valence-corrected chi connectivity index (χ0v) is 28.8. The van der Waals surface area contributed by atoms with E-state index in [0.717, 1.165) is 0 Å². The predicted octanol–water partition coefficient (Wildman–Crippen LogP) is -2.55. The number of carboxylic acid groups (broad SMARTS) is 3. The van der Waals surface area contributed by atoms with E-state index in [0.29, 0.717) is 12.8 Å². The molecule has 49 heavy (non-hydrogen) atoms. The molecule has 0 spiro atoms. The van der Waals surface area contributed by atoms with Crippen molar-refractivity contribution in [3.8, 4) is 0 Å². The van der Waals surface area contributed by atoms with Crippen LogP contribution in [0.4, 0.5) is 0 Å². The SMILES string of the molecule is CC[C@H](C)[C@H](NC(=O)[C@@H](NC(=O)[C@@H](N)CS)[C@@H](C)CC)C(=O)N[C@@H](CCC(=O)O)C(=O)N[C@@H](CCC(=O)O)C(=O)N[C@@H](CC(N)=O)C(=O)O. The Labute approximate surface area is 288 Å². The number of hydrogen-bond donors (Lipinski definition) is 11. The number of rotatable bonds is 24. The Bertz CT molecular complexity index is 1220. The molecular weight excluding hydrogens is 670 g/mol. The maximum atomic E-state index is 13.6. The molecule has 0 bridgehead atoms. The average Bonchev–Trinajstić information content (AvgIpc) is 3.03. The number of carbonyl (C=O) groups is 9. The lowest BCUT2D eigenvalue weighted by Gasteiger charge is -2.30. The first-order valence-electron chi connectivity index (χ1n) is 15.6. The highest BCUT2D eigenvalue weighted by molar-refractivity contribution is 7.80. The van der Waals surface area contributed by atoms with Gasteiger partial charge >= 0.3 is 17.9 Å². The van der Waals surface area contributed by atoms with Gasteiger partial charge in [0.05, 0.1) is 12.5 Å². The molecule has 0 aliphatic carbocycles. The molecule has 8 atom stereocenters. The number of nitrogens with one attached hydrogen (secondary N) is 5. The van der Waals surface area contributed by atoms with E-state index in [-0.39, 0.29) is 5.75 Å². The highest BCUT2D eigenvalue weighted by Crippen LogP contribution is 2.14. The monoisotopic (exact) mass is 719 g/mol. The van der Waals surface area contributed by atoms with Crippen molar-refractivity contribution >= 4 is 66.0 Å². The summed E-state index contributed by atoms with van der Waals surface area (Å²) in [7, 11) is 0. The minimum atomic E-state index is -1.81. The van der Waals surface area contributed by atoms with Gasteiger partial charge in [-0.3, -0.25) is 38.4 Å². The van der Waals surface area contributed by atoms with Crippen LogP contribution in [-0.4, -0.2) is 111 Å². The number of amides is 6. The van der Waals surface area contributed by atoms with Crippen LogP contribution in [-0.2, 0) is 43.2 Å². The first-order valence-corrected chi connectivity index (χ1v) is 16.2. The number of hydrogen-bond acceptors (Lipinski definition) is 11. The number of primary amides is 1. The molecule has 19 nitrogen and oxygen atoms in total. The zero-order chi connectivity index (χ0) is 38.0. The highest BCUT2D eigenvalue weighted by atomic mass is 32.1. The zero-order valence-electron chi connectivity index (χ0n) is 27.9. The Morgan fingerprint density at radius 1 is 0.612 bits per heavy atom. The van der Waals surface area contributed by atoms with Crippen molar-refractivity contribution in [2.45, 2.75) is 109 Å². The second-order valence-electron chi connectivity index (χ2n) is 11.6. The Hall–Kier alpha value is -4.46. The van der Waals surface area contributed by atoms with Gasteiger partial charge in [0.15, 0.2) is 0 Å². The predicted molar refractivity (Wildman–Crippen MR) is 176 cm³/mol. The summed E-state index contributed by atoms with van der Waals surface area (Å²) < 4.78 is 0. The molecule has 6 amide bonds. The van der Waals surface area contributed by atoms with Gasteiger partial charge < -0.3 is 53.4 Å². The summed E-state index contributed by atoms with van der Waals surface area (Å²) in [6, 6.07) is -8.55. The van der Waals surface area contributed by atoms with Crippen molar-refractivity contribution in [3.05, 3.63) is 0 Å². The van der Waals surface area contributed by atoms with Crippen molar-refractivity contribution in [1.82, 2.24) is 26.6 Å². The van der Waals surface area contributed by atoms with Crippen molar-refractivity contribution in [2.75, 3.05) is 5.75 Å². The van der Waals surface area contributed by atoms with Crippen LogP contribution in [0.15, 0.2) is 0 Å². The fourth-order valence-corrected chi connectivity index (χ4v) is 4.44. The quantitative estimate of drug-likeness (QED) is 0.0458. The van der Waals surface area contributed by atoms with Crippen LogP contribution in [0.25, 0.3) is 0 Å². The molecular formula is C29H49N7O12S. The second kappa shape index (κ2) is 22.2. The standard InChI is InChI=1S/C29H49N7O12S/c1-5-13(3)22(36-28(46)23(14(4)6-2)35-24(42)15(30)12-49)27(45)33-17(8-10-21(40)41)25(43)32-16(7-9-20(38)39)26(44)34-18(29(47)48)11-19(31)37/h13-18,22-23,49H,5-12,30H2,1-4H3,(H2,31,37)(H,32,43)(H,33,45)(H,34,44)(H,35,42)(H,36,46)(H,38,39)(H,40,41)(H,47,48)/t13-,14-,15-,16-,17-,18-,22-,23-/m0/s1. The van der Waals surface area contributed by atoms with Crippen molar-refractivity contribution < 1.29 is 58.5 Å². The van der Waals surface area contributed by atoms with Crippen LogP contribution >= 0.6 is 12.6 Å². The molecule has 0 aliphatic rings. The van der Waals surface area contributed by atoms with E-state index in [1.165, 1.54) is 0 Å². The molecule has 0 aromatic heterocycles. The third-order valence-corrected chi connectivity index (χ3v) is 8.09. The van der Waals surface area contributed by atoms with Gasteiger partial charge in [0.25, 0.3) is 0 Å². The molecule has 0 fully saturated rings. The summed E-state index contributed by atoms with van der Waals surface area (Å²) in [6.07, 6.45) is -2.38. The lowest BCUT2D eigenvalue weighted by Crippen LogP contribution is -2.61. The fourth-order valence-electron chi connectivity index (χ4n) is 4.27. The van der Waals surface area contributed by atoms with Gasteiger partial charge in [0, 0.05) is 18.6 Å². The van der Waals surface area contributed by atoms with E-state index in [1.54, 1.807) is 27.7 Å². The van der Waals surface area contributed by atoms with Crippen molar-refractivity contribution in [3.63, 3.8) is 0 Å². The smallest absolute Gasteiger partial charge is 0.326 e. The summed E-state index contributed by atoms with van der Waals surface area (Å²) in [5, 5.41) is 39.5. The van der Waals surface area contributed by atoms with Crippen LogP contribution in [0, 0.1) is 11.8 Å². The van der Waals surface area contributed by atoms with E-state index in [2.05, 4.69) is 33.9 Å². The number of nitrogens with two attached hydrogens (primary N) is 2. The van der Waals surface area contributed by atoms with Gasteiger partial charge in [0.1, 0.15) is 30.2 Å². The Morgan fingerprint density at radius 2 is 0.980 bits per heavy atom. The molecule has 0 aliphatic heterocycles. The van der Waals surface area contributed by atoms with Crippen LogP contribution in [0.2, 0.25) is 0 Å². The summed E-state index contributed by atoms with van der Waals surface area (Å²) in [5.41, 5.74) is 10.8. The molecule has 12 N–H and O–H groups in total. The maximum Gasteiger partial charge on any atom is 0.326 e. The van der Waals surface area contributed by atoms with Gasteiger partial charge in [-0.2, -0.15) is 12.6 Å². The lowest BCUT2D eigenvalue weighted by molar-refractivity contribution is -0.144. The topological polar surface area (TPSA) is 327 Å². The van der Waals surface area contributed by atoms with Crippen molar-refractivity contribution in [2.24, 2.45) is 23.3 Å². The molecule has 0 heterocycles. The first kappa shape index (κ1) is 44.5. The van der Waals surface area contributed by atoms with Crippen molar-refractivity contribution in [1.29, 1.82) is 0 Å². The molecule has 0 unspecified atom stereocenters. The fraction of sp³-hybridized carbons (Fsp3) is 0.690. The first-order chi connectivity index (χ1) is 22.8. The third kappa shape index (κ3) is 16.5. The van der Waals surface area contributed by atoms with Gasteiger partial charge in [-0.25, -0.2) is 4.79 Å². The number of carbonyl (C=O) groups excluding carboxylic acids is 6. The summed E-state index contributed by atoms with van der Waals surface area (Å²) in [5.74, 6) is -11.0. The summed E-state index contributed by atoms with van der Waals surface area (Å²) >= 11 is 3.99. The van der Waals surface area contributed by atoms with E-state index in [1.807, 2.05) is 5.32 Å². The van der Waals surface area contributed by atoms with Gasteiger partial charge in [-0.15, -0.1) is 0 Å². The van der Waals surface area contributed by atoms with E-state index in [9.17, 15) is 53.4 Å². The number of thiol groups is 1. The molecule has 278 valence electrons. The second-order valence-corrected chi connectivity index (χ2v) is 12.0. The van der Waals surface area contributed by atoms with E-state index < -0.39 is 134 Å². The Kier molecular flexibility index (Phi) is 20.2. The largest absolute Gasteiger partial charge is 0.481 e. The average molecular weight is 720 g/mol. The third-order valence-electron chi connectivity index (χ3n) is 7.70. The summed E-state index contributed by atoms with van der Waals surface area (Å²) in [6.45, 7) is 6.83. The van der Waals surface area contributed by atoms with Gasteiger partial charge in [-0.05, 0) is 24.7 Å². The maximum absolute atomic E-state index is 13.6. The van der Waals surface area contributed by atoms with E-state index >= 15 is 0 Å². The normalized spacial score (nSPS) is 15.8. The molecule has 20 heteroatoms. The van der Waals surface area contributed by atoms with Gasteiger partial charge in [-0.1, -0.05) is 40.5 Å².